The molecular formula is C17H17N3O3S. The highest BCUT2D eigenvalue weighted by atomic mass is 32.2. The van der Waals surface area contributed by atoms with Crippen molar-refractivity contribution < 1.29 is 13.2 Å². The van der Waals surface area contributed by atoms with Crippen LogP contribution in [0.1, 0.15) is 16.1 Å². The van der Waals surface area contributed by atoms with E-state index in [2.05, 4.69) is 4.98 Å². The molecule has 124 valence electrons. The first-order chi connectivity index (χ1) is 11.3. The number of sulfone groups is 1. The van der Waals surface area contributed by atoms with Gasteiger partial charge in [-0.15, -0.1) is 0 Å². The van der Waals surface area contributed by atoms with Crippen molar-refractivity contribution in [1.29, 1.82) is 0 Å². The topological polar surface area (TPSA) is 71.8 Å². The van der Waals surface area contributed by atoms with Crippen molar-refractivity contribution in [3.8, 4) is 0 Å². The molecule has 0 fully saturated rings. The SMILES string of the molecule is Cc1ccc2ncc(C(=O)N(C)c3ccccc3S(C)(=O)=O)n2c1. The Labute approximate surface area is 140 Å². The molecule has 2 heterocycles. The summed E-state index contributed by atoms with van der Waals surface area (Å²) in [6, 6.07) is 10.2. The van der Waals surface area contributed by atoms with E-state index in [1.165, 1.54) is 17.2 Å². The van der Waals surface area contributed by atoms with E-state index < -0.39 is 9.84 Å². The van der Waals surface area contributed by atoms with Crippen molar-refractivity contribution in [2.24, 2.45) is 0 Å². The van der Waals surface area contributed by atoms with Crippen molar-refractivity contribution >= 4 is 27.1 Å². The van der Waals surface area contributed by atoms with Gasteiger partial charge in [0.1, 0.15) is 11.3 Å². The number of para-hydroxylation sites is 1. The predicted molar refractivity (Wildman–Crippen MR) is 92.2 cm³/mol. The molecule has 0 spiro atoms. The van der Waals surface area contributed by atoms with Gasteiger partial charge in [0.05, 0.1) is 16.8 Å². The number of pyridine rings is 1. The maximum Gasteiger partial charge on any atom is 0.276 e. The largest absolute Gasteiger partial charge is 0.309 e. The number of imidazole rings is 1. The van der Waals surface area contributed by atoms with Crippen molar-refractivity contribution in [3.05, 3.63) is 60.0 Å². The smallest absolute Gasteiger partial charge is 0.276 e. The molecule has 0 aliphatic heterocycles. The van der Waals surface area contributed by atoms with Crippen molar-refractivity contribution in [1.82, 2.24) is 9.38 Å². The number of benzene rings is 1. The molecule has 6 nitrogen and oxygen atoms in total. The second kappa shape index (κ2) is 5.76. The Morgan fingerprint density at radius 2 is 1.88 bits per heavy atom. The highest BCUT2D eigenvalue weighted by Gasteiger charge is 2.22. The number of aromatic nitrogens is 2. The normalized spacial score (nSPS) is 11.6. The van der Waals surface area contributed by atoms with E-state index >= 15 is 0 Å². The first-order valence-electron chi connectivity index (χ1n) is 7.30. The number of amides is 1. The molecule has 3 rings (SSSR count). The molecule has 0 unspecified atom stereocenters. The summed E-state index contributed by atoms with van der Waals surface area (Å²) in [6.07, 6.45) is 4.45. The molecule has 0 saturated carbocycles. The summed E-state index contributed by atoms with van der Waals surface area (Å²) in [5.74, 6) is -0.329. The van der Waals surface area contributed by atoms with Crippen LogP contribution in [-0.4, -0.2) is 37.0 Å². The van der Waals surface area contributed by atoms with E-state index in [4.69, 9.17) is 0 Å². The zero-order valence-corrected chi connectivity index (χ0v) is 14.4. The van der Waals surface area contributed by atoms with Crippen molar-refractivity contribution in [2.45, 2.75) is 11.8 Å². The van der Waals surface area contributed by atoms with Crippen LogP contribution in [0.4, 0.5) is 5.69 Å². The van der Waals surface area contributed by atoms with Crippen LogP contribution in [0, 0.1) is 6.92 Å². The molecular weight excluding hydrogens is 326 g/mol. The second-order valence-electron chi connectivity index (χ2n) is 5.68. The average Bonchev–Trinajstić information content (AvgIpc) is 2.95. The third-order valence-electron chi connectivity index (χ3n) is 3.80. The summed E-state index contributed by atoms with van der Waals surface area (Å²) >= 11 is 0. The van der Waals surface area contributed by atoms with Crippen LogP contribution in [0.2, 0.25) is 0 Å². The fourth-order valence-corrected chi connectivity index (χ4v) is 3.48. The second-order valence-corrected chi connectivity index (χ2v) is 7.67. The highest BCUT2D eigenvalue weighted by Crippen LogP contribution is 2.25. The molecule has 2 aromatic heterocycles. The lowest BCUT2D eigenvalue weighted by molar-refractivity contribution is 0.0987. The van der Waals surface area contributed by atoms with E-state index in [1.54, 1.807) is 29.6 Å². The van der Waals surface area contributed by atoms with Gasteiger partial charge in [-0.1, -0.05) is 18.2 Å². The number of fused-ring (bicyclic) bond motifs is 1. The molecule has 0 atom stereocenters. The van der Waals surface area contributed by atoms with Gasteiger partial charge in [-0.3, -0.25) is 9.20 Å². The number of carbonyl (C=O) groups excluding carboxylic acids is 1. The Morgan fingerprint density at radius 1 is 1.17 bits per heavy atom. The van der Waals surface area contributed by atoms with E-state index in [-0.39, 0.29) is 10.8 Å². The van der Waals surface area contributed by atoms with Gasteiger partial charge < -0.3 is 4.90 Å². The van der Waals surface area contributed by atoms with Crippen LogP contribution in [-0.2, 0) is 9.84 Å². The van der Waals surface area contributed by atoms with E-state index in [9.17, 15) is 13.2 Å². The molecule has 0 saturated heterocycles. The van der Waals surface area contributed by atoms with Gasteiger partial charge in [0, 0.05) is 19.5 Å². The van der Waals surface area contributed by atoms with Crippen molar-refractivity contribution in [3.63, 3.8) is 0 Å². The molecule has 3 aromatic rings. The first-order valence-corrected chi connectivity index (χ1v) is 9.19. The quantitative estimate of drug-likeness (QED) is 0.732. The Bertz CT molecular complexity index is 1040. The van der Waals surface area contributed by atoms with E-state index in [0.717, 1.165) is 11.8 Å². The number of hydrogen-bond acceptors (Lipinski definition) is 4. The lowest BCUT2D eigenvalue weighted by Crippen LogP contribution is -2.28. The van der Waals surface area contributed by atoms with Gasteiger partial charge in [0.15, 0.2) is 9.84 Å². The van der Waals surface area contributed by atoms with E-state index in [0.29, 0.717) is 17.0 Å². The third-order valence-corrected chi connectivity index (χ3v) is 4.95. The number of nitrogens with zero attached hydrogens (tertiary/aromatic N) is 3. The number of aryl methyl sites for hydroxylation is 1. The first kappa shape index (κ1) is 16.2. The van der Waals surface area contributed by atoms with Crippen LogP contribution in [0.5, 0.6) is 0 Å². The molecule has 0 aliphatic rings. The highest BCUT2D eigenvalue weighted by molar-refractivity contribution is 7.90. The van der Waals surface area contributed by atoms with Gasteiger partial charge >= 0.3 is 0 Å². The van der Waals surface area contributed by atoms with Gasteiger partial charge in [-0.05, 0) is 30.7 Å². The molecule has 7 heteroatoms. The summed E-state index contributed by atoms with van der Waals surface area (Å²) in [5.41, 5.74) is 2.37. The average molecular weight is 343 g/mol. The molecule has 1 aromatic carbocycles. The van der Waals surface area contributed by atoms with Crippen LogP contribution in [0.15, 0.2) is 53.7 Å². The van der Waals surface area contributed by atoms with Crippen LogP contribution in [0.3, 0.4) is 0 Å². The van der Waals surface area contributed by atoms with Crippen molar-refractivity contribution in [2.75, 3.05) is 18.2 Å². The minimum absolute atomic E-state index is 0.117. The summed E-state index contributed by atoms with van der Waals surface area (Å²) < 4.78 is 25.6. The Balaban J connectivity index is 2.09. The number of anilines is 1. The van der Waals surface area contributed by atoms with Gasteiger partial charge in [0.2, 0.25) is 0 Å². The fourth-order valence-electron chi connectivity index (χ4n) is 2.57. The predicted octanol–water partition coefficient (Wildman–Crippen LogP) is 2.32. The van der Waals surface area contributed by atoms with E-state index in [1.807, 2.05) is 25.3 Å². The van der Waals surface area contributed by atoms with Crippen LogP contribution < -0.4 is 4.90 Å². The maximum atomic E-state index is 12.9. The van der Waals surface area contributed by atoms with Crippen LogP contribution in [0.25, 0.3) is 5.65 Å². The monoisotopic (exact) mass is 343 g/mol. The molecule has 0 bridgehead atoms. The van der Waals surface area contributed by atoms with Gasteiger partial charge in [-0.25, -0.2) is 13.4 Å². The third kappa shape index (κ3) is 2.78. The number of rotatable bonds is 3. The summed E-state index contributed by atoms with van der Waals surface area (Å²) in [4.78, 5) is 18.6. The maximum absolute atomic E-state index is 12.9. The lowest BCUT2D eigenvalue weighted by Gasteiger charge is -2.19. The molecule has 0 aliphatic carbocycles. The minimum Gasteiger partial charge on any atom is -0.309 e. The standard InChI is InChI=1S/C17H17N3O3S/c1-12-8-9-16-18-10-14(20(16)11-12)17(21)19(2)13-6-4-5-7-15(13)24(3,22)23/h4-11H,1-3H3. The molecule has 24 heavy (non-hydrogen) atoms. The summed E-state index contributed by atoms with van der Waals surface area (Å²) in [6.45, 7) is 1.93. The van der Waals surface area contributed by atoms with Crippen LogP contribution >= 0.6 is 0 Å². The van der Waals surface area contributed by atoms with Gasteiger partial charge in [0.25, 0.3) is 5.91 Å². The zero-order chi connectivity index (χ0) is 17.5. The lowest BCUT2D eigenvalue weighted by atomic mass is 10.2. The number of carbonyl (C=O) groups is 1. The Hall–Kier alpha value is -2.67. The number of hydrogen-bond donors (Lipinski definition) is 0. The summed E-state index contributed by atoms with van der Waals surface area (Å²) in [5, 5.41) is 0. The minimum atomic E-state index is -3.45. The Morgan fingerprint density at radius 3 is 2.58 bits per heavy atom. The Kier molecular flexibility index (Phi) is 3.88. The molecule has 0 radical (unpaired) electrons. The fraction of sp³-hybridized carbons (Fsp3) is 0.176. The molecule has 0 N–H and O–H groups in total. The zero-order valence-electron chi connectivity index (χ0n) is 13.6. The molecule has 1 amide bonds. The van der Waals surface area contributed by atoms with Gasteiger partial charge in [-0.2, -0.15) is 0 Å². The summed E-state index contributed by atoms with van der Waals surface area (Å²) in [7, 11) is -1.89.